The molecule has 0 radical (unpaired) electrons. The number of likely N-dealkylation sites (N-methyl/N-ethyl adjacent to an activating group) is 1. The van der Waals surface area contributed by atoms with Crippen LogP contribution in [0, 0.1) is 5.92 Å². The van der Waals surface area contributed by atoms with Crippen molar-refractivity contribution < 1.29 is 14.7 Å². The summed E-state index contributed by atoms with van der Waals surface area (Å²) in [6.45, 7) is 6.92. The van der Waals surface area contributed by atoms with E-state index in [4.69, 9.17) is 5.11 Å². The lowest BCUT2D eigenvalue weighted by Gasteiger charge is -2.12. The highest BCUT2D eigenvalue weighted by atomic mass is 32.2. The predicted molar refractivity (Wildman–Crippen MR) is 126 cm³/mol. The second-order valence-electron chi connectivity index (χ2n) is 7.48. The molecule has 3 rings (SSSR count). The number of thiophene rings is 1. The Morgan fingerprint density at radius 3 is 2.33 bits per heavy atom. The van der Waals surface area contributed by atoms with Gasteiger partial charge in [-0.3, -0.25) is 9.59 Å². The largest absolute Gasteiger partial charge is 0.480 e. The molecule has 0 spiro atoms. The highest BCUT2D eigenvalue weighted by Gasteiger charge is 2.10. The summed E-state index contributed by atoms with van der Waals surface area (Å²) in [7, 11) is 1.73. The average Bonchev–Trinajstić information content (AvgIpc) is 3.10. The summed E-state index contributed by atoms with van der Waals surface area (Å²) in [6, 6.07) is 17.6. The van der Waals surface area contributed by atoms with Gasteiger partial charge in [0.25, 0.3) is 5.91 Å². The summed E-state index contributed by atoms with van der Waals surface area (Å²) in [6.07, 6.45) is 0. The van der Waals surface area contributed by atoms with E-state index >= 15 is 0 Å². The number of hydrogen-bond donors (Lipinski definition) is 2. The normalized spacial score (nSPS) is 10.7. The molecule has 3 aromatic rings. The Balaban J connectivity index is 0.000000735. The summed E-state index contributed by atoms with van der Waals surface area (Å²) in [5.74, 6) is -0.105. The lowest BCUT2D eigenvalue weighted by molar-refractivity contribution is -0.136. The van der Waals surface area contributed by atoms with Crippen LogP contribution in [0.15, 0.2) is 59.5 Å². The Hall–Kier alpha value is -2.35. The molecule has 7 heteroatoms. The Bertz CT molecular complexity index is 932. The van der Waals surface area contributed by atoms with Gasteiger partial charge in [-0.25, -0.2) is 4.31 Å². The number of carboxylic acid groups (broad SMARTS) is 1. The van der Waals surface area contributed by atoms with Gasteiger partial charge in [0.1, 0.15) is 6.54 Å². The van der Waals surface area contributed by atoms with Crippen LogP contribution in [-0.2, 0) is 11.3 Å². The molecule has 0 aliphatic carbocycles. The zero-order valence-electron chi connectivity index (χ0n) is 17.7. The maximum Gasteiger partial charge on any atom is 0.318 e. The zero-order chi connectivity index (χ0) is 22.1. The summed E-state index contributed by atoms with van der Waals surface area (Å²) < 4.78 is 2.75. The van der Waals surface area contributed by atoms with Gasteiger partial charge < -0.3 is 10.4 Å². The van der Waals surface area contributed by atoms with E-state index in [-0.39, 0.29) is 12.5 Å². The van der Waals surface area contributed by atoms with E-state index in [1.54, 1.807) is 11.4 Å². The molecule has 30 heavy (non-hydrogen) atoms. The van der Waals surface area contributed by atoms with Crippen LogP contribution in [0.1, 0.15) is 36.0 Å². The van der Waals surface area contributed by atoms with Gasteiger partial charge in [0.15, 0.2) is 0 Å². The summed E-state index contributed by atoms with van der Waals surface area (Å²) in [4.78, 5) is 24.7. The number of hydrogen-bond acceptors (Lipinski definition) is 5. The highest BCUT2D eigenvalue weighted by Crippen LogP contribution is 2.25. The van der Waals surface area contributed by atoms with Gasteiger partial charge in [0.05, 0.1) is 4.88 Å². The van der Waals surface area contributed by atoms with Crippen molar-refractivity contribution in [1.82, 2.24) is 9.62 Å². The van der Waals surface area contributed by atoms with Crippen molar-refractivity contribution in [3.05, 3.63) is 65.0 Å². The molecule has 2 aromatic carbocycles. The van der Waals surface area contributed by atoms with Gasteiger partial charge in [0, 0.05) is 16.1 Å². The predicted octanol–water partition coefficient (Wildman–Crippen LogP) is 5.52. The van der Waals surface area contributed by atoms with E-state index in [2.05, 4.69) is 26.1 Å². The number of carbonyl (C=O) groups is 2. The summed E-state index contributed by atoms with van der Waals surface area (Å²) >= 11 is 2.86. The van der Waals surface area contributed by atoms with Gasteiger partial charge in [-0.2, -0.15) is 0 Å². The lowest BCUT2D eigenvalue weighted by atomic mass is 10.2. The molecular formula is C23H28N2O3S2. The van der Waals surface area contributed by atoms with Gasteiger partial charge in [0.2, 0.25) is 0 Å². The molecule has 0 aliphatic heterocycles. The standard InChI is InChI=1S/C19H18N2O3S2.C4H10/c1-21(12-18(22)23)26-15-8-6-13(7-9-15)11-20-19(24)17-10-14-4-2-3-5-16(14)25-17;1-4(2)3/h2-10H,11-12H2,1H3,(H,20,24)(H,22,23);4H,1-3H3. The maximum absolute atomic E-state index is 12.3. The van der Waals surface area contributed by atoms with E-state index in [0.29, 0.717) is 11.4 Å². The molecule has 160 valence electrons. The van der Waals surface area contributed by atoms with Crippen molar-refractivity contribution in [1.29, 1.82) is 0 Å². The monoisotopic (exact) mass is 444 g/mol. The Morgan fingerprint density at radius 1 is 1.10 bits per heavy atom. The van der Waals surface area contributed by atoms with Crippen molar-refractivity contribution in [2.24, 2.45) is 5.92 Å². The first kappa shape index (κ1) is 23.9. The molecule has 0 bridgehead atoms. The third-order valence-corrected chi connectivity index (χ3v) is 5.68. The first-order valence-corrected chi connectivity index (χ1v) is 11.3. The number of benzene rings is 2. The number of carboxylic acids is 1. The first-order valence-electron chi connectivity index (χ1n) is 9.71. The van der Waals surface area contributed by atoms with Crippen molar-refractivity contribution in [3.63, 3.8) is 0 Å². The van der Waals surface area contributed by atoms with E-state index < -0.39 is 5.97 Å². The molecule has 0 unspecified atom stereocenters. The fourth-order valence-corrected chi connectivity index (χ4v) is 4.21. The number of nitrogens with one attached hydrogen (secondary N) is 1. The second-order valence-corrected chi connectivity index (χ2v) is 9.84. The SMILES string of the molecule is CC(C)C.CN(CC(=O)O)Sc1ccc(CNC(=O)c2cc3ccccc3s2)cc1. The smallest absolute Gasteiger partial charge is 0.318 e. The van der Waals surface area contributed by atoms with Crippen molar-refractivity contribution in [2.45, 2.75) is 32.2 Å². The zero-order valence-corrected chi connectivity index (χ0v) is 19.3. The Kier molecular flexibility index (Phi) is 9.36. The molecule has 1 amide bonds. The number of fused-ring (bicyclic) bond motifs is 1. The van der Waals surface area contributed by atoms with Crippen LogP contribution in [0.3, 0.4) is 0 Å². The fourth-order valence-electron chi connectivity index (χ4n) is 2.43. The van der Waals surface area contributed by atoms with Crippen molar-refractivity contribution in [3.8, 4) is 0 Å². The fraction of sp³-hybridized carbons (Fsp3) is 0.304. The first-order chi connectivity index (χ1) is 14.2. The Labute approximate surface area is 186 Å². The minimum absolute atomic E-state index is 0.0301. The van der Waals surface area contributed by atoms with Gasteiger partial charge in [-0.15, -0.1) is 11.3 Å². The van der Waals surface area contributed by atoms with Crippen LogP contribution in [0.5, 0.6) is 0 Å². The number of aliphatic carboxylic acids is 1. The van der Waals surface area contributed by atoms with Crippen LogP contribution < -0.4 is 5.32 Å². The number of amides is 1. The van der Waals surface area contributed by atoms with Crippen LogP contribution >= 0.6 is 23.3 Å². The lowest BCUT2D eigenvalue weighted by Crippen LogP contribution is -2.21. The Morgan fingerprint density at radius 2 is 1.73 bits per heavy atom. The van der Waals surface area contributed by atoms with E-state index in [0.717, 1.165) is 26.5 Å². The maximum atomic E-state index is 12.3. The summed E-state index contributed by atoms with van der Waals surface area (Å²) in [5, 5.41) is 12.8. The van der Waals surface area contributed by atoms with E-state index in [9.17, 15) is 9.59 Å². The number of nitrogens with zero attached hydrogens (tertiary/aromatic N) is 1. The number of rotatable bonds is 7. The van der Waals surface area contributed by atoms with Gasteiger partial charge in [-0.1, -0.05) is 51.1 Å². The quantitative estimate of drug-likeness (QED) is 0.470. The number of carbonyl (C=O) groups excluding carboxylic acids is 1. The minimum Gasteiger partial charge on any atom is -0.480 e. The molecule has 0 atom stereocenters. The summed E-state index contributed by atoms with van der Waals surface area (Å²) in [5.41, 5.74) is 0.990. The molecule has 0 saturated heterocycles. The topological polar surface area (TPSA) is 69.6 Å². The van der Waals surface area contributed by atoms with Crippen molar-refractivity contribution >= 4 is 45.2 Å². The molecule has 1 heterocycles. The van der Waals surface area contributed by atoms with Crippen LogP contribution in [0.4, 0.5) is 0 Å². The third kappa shape index (κ3) is 8.18. The molecular weight excluding hydrogens is 416 g/mol. The van der Waals surface area contributed by atoms with Gasteiger partial charge in [-0.05, 0) is 60.1 Å². The van der Waals surface area contributed by atoms with Crippen LogP contribution in [0.2, 0.25) is 0 Å². The molecule has 0 aliphatic rings. The molecule has 1 aromatic heterocycles. The third-order valence-electron chi connectivity index (χ3n) is 3.64. The van der Waals surface area contributed by atoms with Gasteiger partial charge >= 0.3 is 5.97 Å². The molecule has 0 saturated carbocycles. The molecule has 5 nitrogen and oxygen atoms in total. The molecule has 2 N–H and O–H groups in total. The van der Waals surface area contributed by atoms with Crippen molar-refractivity contribution in [2.75, 3.05) is 13.6 Å². The minimum atomic E-state index is -0.861. The highest BCUT2D eigenvalue weighted by molar-refractivity contribution is 7.97. The average molecular weight is 445 g/mol. The second kappa shape index (κ2) is 11.7. The van der Waals surface area contributed by atoms with E-state index in [1.807, 2.05) is 54.6 Å². The van der Waals surface area contributed by atoms with Crippen LogP contribution in [0.25, 0.3) is 10.1 Å². The van der Waals surface area contributed by atoms with E-state index in [1.165, 1.54) is 23.3 Å². The van der Waals surface area contributed by atoms with Crippen LogP contribution in [-0.4, -0.2) is 34.9 Å². The molecule has 0 fully saturated rings.